The van der Waals surface area contributed by atoms with Gasteiger partial charge >= 0.3 is 0 Å². The van der Waals surface area contributed by atoms with E-state index in [2.05, 4.69) is 10.1 Å². The average Bonchev–Trinajstić information content (AvgIpc) is 3.20. The van der Waals surface area contributed by atoms with Gasteiger partial charge in [-0.2, -0.15) is 4.98 Å². The van der Waals surface area contributed by atoms with E-state index >= 15 is 0 Å². The fourth-order valence-electron chi connectivity index (χ4n) is 3.52. The molecule has 3 rings (SSSR count). The molecule has 0 aromatic carbocycles. The van der Waals surface area contributed by atoms with Crippen molar-refractivity contribution >= 4 is 5.78 Å². The molecular weight excluding hydrogens is 256 g/mol. The maximum atomic E-state index is 12.1. The maximum Gasteiger partial charge on any atom is 0.234 e. The summed E-state index contributed by atoms with van der Waals surface area (Å²) in [5.41, 5.74) is -0.391. The van der Waals surface area contributed by atoms with Crippen molar-refractivity contribution in [1.82, 2.24) is 10.1 Å². The van der Waals surface area contributed by atoms with Gasteiger partial charge in [-0.25, -0.2) is 0 Å². The van der Waals surface area contributed by atoms with Crippen LogP contribution in [-0.2, 0) is 21.6 Å². The van der Waals surface area contributed by atoms with Gasteiger partial charge in [0.25, 0.3) is 0 Å². The number of nitrogens with zero attached hydrogens (tertiary/aromatic N) is 2. The Balaban J connectivity index is 1.68. The van der Waals surface area contributed by atoms with E-state index in [1.165, 1.54) is 0 Å². The molecule has 0 spiro atoms. The normalized spacial score (nSPS) is 22.4. The summed E-state index contributed by atoms with van der Waals surface area (Å²) in [6.07, 6.45) is 8.74. The molecule has 0 saturated heterocycles. The van der Waals surface area contributed by atoms with Crippen LogP contribution in [0.3, 0.4) is 0 Å². The van der Waals surface area contributed by atoms with E-state index in [0.717, 1.165) is 51.4 Å². The summed E-state index contributed by atoms with van der Waals surface area (Å²) < 4.78 is 10.9. The van der Waals surface area contributed by atoms with Gasteiger partial charge in [-0.3, -0.25) is 4.79 Å². The minimum atomic E-state index is -0.391. The molecule has 0 aliphatic heterocycles. The van der Waals surface area contributed by atoms with E-state index in [1.54, 1.807) is 7.11 Å². The van der Waals surface area contributed by atoms with Gasteiger partial charge in [0.05, 0.1) is 6.42 Å². The van der Waals surface area contributed by atoms with Crippen molar-refractivity contribution in [1.29, 1.82) is 0 Å². The van der Waals surface area contributed by atoms with E-state index in [-0.39, 0.29) is 18.1 Å². The topological polar surface area (TPSA) is 65.2 Å². The molecule has 1 aromatic rings. The molecule has 20 heavy (non-hydrogen) atoms. The number of Topliss-reactive ketones (excluding diaryl/α,β-unsaturated/α-hetero) is 1. The summed E-state index contributed by atoms with van der Waals surface area (Å²) in [5, 5.41) is 4.06. The van der Waals surface area contributed by atoms with Crippen molar-refractivity contribution in [2.24, 2.45) is 5.92 Å². The second-order valence-corrected chi connectivity index (χ2v) is 6.04. The Labute approximate surface area is 119 Å². The van der Waals surface area contributed by atoms with Crippen LogP contribution in [0.4, 0.5) is 0 Å². The molecule has 1 heterocycles. The number of aromatic nitrogens is 2. The zero-order valence-corrected chi connectivity index (χ0v) is 12.1. The first kappa shape index (κ1) is 13.7. The van der Waals surface area contributed by atoms with Gasteiger partial charge in [-0.05, 0) is 38.5 Å². The highest BCUT2D eigenvalue weighted by Crippen LogP contribution is 2.40. The lowest BCUT2D eigenvalue weighted by atomic mass is 10.00. The lowest BCUT2D eigenvalue weighted by Crippen LogP contribution is -2.26. The molecule has 2 saturated carbocycles. The monoisotopic (exact) mass is 278 g/mol. The first-order chi connectivity index (χ1) is 9.73. The van der Waals surface area contributed by atoms with Crippen molar-refractivity contribution < 1.29 is 14.1 Å². The predicted octanol–water partition coefficient (Wildman–Crippen LogP) is 2.79. The summed E-state index contributed by atoms with van der Waals surface area (Å²) in [7, 11) is 1.70. The number of rotatable bonds is 5. The Morgan fingerprint density at radius 2 is 2.00 bits per heavy atom. The molecule has 2 fully saturated rings. The van der Waals surface area contributed by atoms with Gasteiger partial charge in [0.1, 0.15) is 11.4 Å². The second-order valence-electron chi connectivity index (χ2n) is 6.04. The van der Waals surface area contributed by atoms with Gasteiger partial charge in [0, 0.05) is 13.0 Å². The first-order valence-corrected chi connectivity index (χ1v) is 7.64. The number of ether oxygens (including phenoxy) is 1. The summed E-state index contributed by atoms with van der Waals surface area (Å²) in [6, 6.07) is 0. The standard InChI is InChI=1S/C15H22N2O3/c1-19-15(8-4-5-9-15)14-16-13(20-17-14)10-12(18)11-6-2-3-7-11/h11H,2-10H2,1H3. The molecule has 0 unspecified atom stereocenters. The molecule has 110 valence electrons. The number of hydrogen-bond acceptors (Lipinski definition) is 5. The average molecular weight is 278 g/mol. The lowest BCUT2D eigenvalue weighted by Gasteiger charge is -2.22. The van der Waals surface area contributed by atoms with Crippen molar-refractivity contribution in [3.8, 4) is 0 Å². The predicted molar refractivity (Wildman–Crippen MR) is 72.1 cm³/mol. The number of methoxy groups -OCH3 is 1. The minimum absolute atomic E-state index is 0.202. The van der Waals surface area contributed by atoms with Crippen LogP contribution in [0.2, 0.25) is 0 Å². The molecule has 5 nitrogen and oxygen atoms in total. The number of hydrogen-bond donors (Lipinski definition) is 0. The highest BCUT2D eigenvalue weighted by molar-refractivity contribution is 5.82. The van der Waals surface area contributed by atoms with Gasteiger partial charge in [0.2, 0.25) is 11.7 Å². The lowest BCUT2D eigenvalue weighted by molar-refractivity contribution is -0.122. The molecule has 0 radical (unpaired) electrons. The highest BCUT2D eigenvalue weighted by Gasteiger charge is 2.40. The largest absolute Gasteiger partial charge is 0.370 e. The van der Waals surface area contributed by atoms with Crippen LogP contribution in [0.5, 0.6) is 0 Å². The molecule has 2 aliphatic rings. The third-order valence-electron chi connectivity index (χ3n) is 4.81. The third-order valence-corrected chi connectivity index (χ3v) is 4.81. The second kappa shape index (κ2) is 5.64. The van der Waals surface area contributed by atoms with Crippen molar-refractivity contribution in [2.75, 3.05) is 7.11 Å². The Kier molecular flexibility index (Phi) is 3.87. The van der Waals surface area contributed by atoms with Crippen molar-refractivity contribution in [2.45, 2.75) is 63.4 Å². The Morgan fingerprint density at radius 3 is 2.65 bits per heavy atom. The van der Waals surface area contributed by atoms with Crippen LogP contribution in [0.25, 0.3) is 0 Å². The van der Waals surface area contributed by atoms with Crippen LogP contribution < -0.4 is 0 Å². The first-order valence-electron chi connectivity index (χ1n) is 7.64. The summed E-state index contributed by atoms with van der Waals surface area (Å²) in [5.74, 6) is 1.51. The molecule has 0 N–H and O–H groups in total. The fraction of sp³-hybridized carbons (Fsp3) is 0.800. The van der Waals surface area contributed by atoms with Crippen molar-refractivity contribution in [3.05, 3.63) is 11.7 Å². The maximum absolute atomic E-state index is 12.1. The van der Waals surface area contributed by atoms with Crippen molar-refractivity contribution in [3.63, 3.8) is 0 Å². The smallest absolute Gasteiger partial charge is 0.234 e. The minimum Gasteiger partial charge on any atom is -0.370 e. The molecule has 2 aliphatic carbocycles. The van der Waals surface area contributed by atoms with E-state index in [1.807, 2.05) is 0 Å². The SMILES string of the molecule is COC1(c2noc(CC(=O)C3CCCC3)n2)CCCC1. The van der Waals surface area contributed by atoms with E-state index in [9.17, 15) is 4.79 Å². The van der Waals surface area contributed by atoms with E-state index in [4.69, 9.17) is 9.26 Å². The van der Waals surface area contributed by atoms with Crippen LogP contribution in [0.1, 0.15) is 63.1 Å². The van der Waals surface area contributed by atoms with E-state index in [0.29, 0.717) is 11.7 Å². The van der Waals surface area contributed by atoms with Crippen LogP contribution in [-0.4, -0.2) is 23.0 Å². The van der Waals surface area contributed by atoms with Crippen LogP contribution in [0, 0.1) is 5.92 Å². The number of carbonyl (C=O) groups is 1. The molecule has 0 amide bonds. The fourth-order valence-corrected chi connectivity index (χ4v) is 3.52. The van der Waals surface area contributed by atoms with Gasteiger partial charge in [-0.15, -0.1) is 0 Å². The summed E-state index contributed by atoms with van der Waals surface area (Å²) >= 11 is 0. The highest BCUT2D eigenvalue weighted by atomic mass is 16.5. The number of carbonyl (C=O) groups excluding carboxylic acids is 1. The van der Waals surface area contributed by atoms with E-state index < -0.39 is 5.60 Å². The van der Waals surface area contributed by atoms with Crippen LogP contribution in [0.15, 0.2) is 4.52 Å². The van der Waals surface area contributed by atoms with Gasteiger partial charge < -0.3 is 9.26 Å². The molecule has 5 heteroatoms. The molecule has 0 bridgehead atoms. The molecular formula is C15H22N2O3. The summed E-state index contributed by atoms with van der Waals surface area (Å²) in [4.78, 5) is 16.6. The zero-order valence-electron chi connectivity index (χ0n) is 12.1. The third kappa shape index (κ3) is 2.51. The Hall–Kier alpha value is -1.23. The Morgan fingerprint density at radius 1 is 1.30 bits per heavy atom. The Bertz CT molecular complexity index is 471. The van der Waals surface area contributed by atoms with Crippen LogP contribution >= 0.6 is 0 Å². The van der Waals surface area contributed by atoms with Gasteiger partial charge in [0.15, 0.2) is 0 Å². The summed E-state index contributed by atoms with van der Waals surface area (Å²) in [6.45, 7) is 0. The zero-order chi connectivity index (χ0) is 14.0. The van der Waals surface area contributed by atoms with Gasteiger partial charge in [-0.1, -0.05) is 18.0 Å². The molecule has 1 aromatic heterocycles. The quantitative estimate of drug-likeness (QED) is 0.828. The number of ketones is 1. The molecule has 0 atom stereocenters.